The number of ketones is 1. The van der Waals surface area contributed by atoms with Gasteiger partial charge < -0.3 is 0 Å². The Kier molecular flexibility index (Phi) is 3.04. The second-order valence-corrected chi connectivity index (χ2v) is 3.96. The maximum Gasteiger partial charge on any atom is 0.389 e. The number of Topliss-reactive ketones (excluding diaryl/α,β-unsaturated/α-hetero) is 1. The summed E-state index contributed by atoms with van der Waals surface area (Å²) in [4.78, 5) is 11.0. The molecule has 1 atom stereocenters. The lowest BCUT2D eigenvalue weighted by atomic mass is 10.00. The monoisotopic (exact) mass is 198 g/mol. The molecule has 70 valence electrons. The molecule has 0 amide bonds. The van der Waals surface area contributed by atoms with E-state index >= 15 is 0 Å². The second-order valence-electron chi connectivity index (χ2n) is 2.81. The van der Waals surface area contributed by atoms with Gasteiger partial charge in [-0.3, -0.25) is 4.79 Å². The lowest BCUT2D eigenvalue weighted by Gasteiger charge is -2.20. The standard InChI is InChI=1S/C7H9F3OS/c8-7(9,10)3-5-4-12-2-1-6(5)11/h5H,1-4H2. The van der Waals surface area contributed by atoms with Crippen LogP contribution in [0.4, 0.5) is 13.2 Å². The first-order chi connectivity index (χ1) is 5.49. The van der Waals surface area contributed by atoms with E-state index in [0.717, 1.165) is 0 Å². The van der Waals surface area contributed by atoms with E-state index in [0.29, 0.717) is 17.9 Å². The number of hydrogen-bond acceptors (Lipinski definition) is 2. The van der Waals surface area contributed by atoms with Crippen LogP contribution < -0.4 is 0 Å². The van der Waals surface area contributed by atoms with Crippen molar-refractivity contribution >= 4 is 17.5 Å². The summed E-state index contributed by atoms with van der Waals surface area (Å²) in [5, 5.41) is 0. The Morgan fingerprint density at radius 1 is 1.50 bits per heavy atom. The number of alkyl halides is 3. The molecule has 0 aromatic rings. The van der Waals surface area contributed by atoms with Gasteiger partial charge in [0.25, 0.3) is 0 Å². The molecule has 1 fully saturated rings. The van der Waals surface area contributed by atoms with Crippen LogP contribution in [0.25, 0.3) is 0 Å². The van der Waals surface area contributed by atoms with Crippen molar-refractivity contribution in [2.45, 2.75) is 19.0 Å². The van der Waals surface area contributed by atoms with E-state index in [9.17, 15) is 18.0 Å². The van der Waals surface area contributed by atoms with Gasteiger partial charge in [-0.1, -0.05) is 0 Å². The van der Waals surface area contributed by atoms with Crippen LogP contribution >= 0.6 is 11.8 Å². The molecule has 0 aliphatic carbocycles. The average molecular weight is 198 g/mol. The molecule has 1 unspecified atom stereocenters. The van der Waals surface area contributed by atoms with Gasteiger partial charge in [-0.2, -0.15) is 24.9 Å². The summed E-state index contributed by atoms with van der Waals surface area (Å²) in [6.45, 7) is 0. The molecule has 1 nitrogen and oxygen atoms in total. The maximum absolute atomic E-state index is 11.9. The number of halogens is 3. The third-order valence-electron chi connectivity index (χ3n) is 1.75. The smallest absolute Gasteiger partial charge is 0.299 e. The minimum atomic E-state index is -4.20. The molecular formula is C7H9F3OS. The van der Waals surface area contributed by atoms with Crippen LogP contribution in [0.1, 0.15) is 12.8 Å². The number of hydrogen-bond donors (Lipinski definition) is 0. The Bertz CT molecular complexity index is 178. The summed E-state index contributed by atoms with van der Waals surface area (Å²) in [6, 6.07) is 0. The SMILES string of the molecule is O=C1CCSCC1CC(F)(F)F. The molecule has 5 heteroatoms. The number of thioether (sulfide) groups is 1. The predicted molar refractivity (Wildman–Crippen MR) is 41.1 cm³/mol. The van der Waals surface area contributed by atoms with E-state index < -0.39 is 18.5 Å². The van der Waals surface area contributed by atoms with E-state index in [1.807, 2.05) is 0 Å². The molecule has 0 radical (unpaired) electrons. The van der Waals surface area contributed by atoms with Gasteiger partial charge in [0.2, 0.25) is 0 Å². The number of carbonyl (C=O) groups is 1. The zero-order valence-corrected chi connectivity index (χ0v) is 7.17. The summed E-state index contributed by atoms with van der Waals surface area (Å²) < 4.78 is 35.6. The lowest BCUT2D eigenvalue weighted by Crippen LogP contribution is -2.27. The van der Waals surface area contributed by atoms with Crippen molar-refractivity contribution in [3.8, 4) is 0 Å². The van der Waals surface area contributed by atoms with Crippen LogP contribution in [0.15, 0.2) is 0 Å². The molecule has 0 spiro atoms. The fraction of sp³-hybridized carbons (Fsp3) is 0.857. The van der Waals surface area contributed by atoms with Crippen LogP contribution in [-0.2, 0) is 4.79 Å². The predicted octanol–water partition coefficient (Wildman–Crippen LogP) is 2.26. The number of carbonyl (C=O) groups excluding carboxylic acids is 1. The highest BCUT2D eigenvalue weighted by Crippen LogP contribution is 2.30. The molecule has 12 heavy (non-hydrogen) atoms. The lowest BCUT2D eigenvalue weighted by molar-refractivity contribution is -0.151. The fourth-order valence-corrected chi connectivity index (χ4v) is 2.25. The van der Waals surface area contributed by atoms with E-state index in [1.54, 1.807) is 0 Å². The van der Waals surface area contributed by atoms with Gasteiger partial charge >= 0.3 is 6.18 Å². The first kappa shape index (κ1) is 9.89. The van der Waals surface area contributed by atoms with Gasteiger partial charge in [-0.05, 0) is 0 Å². The van der Waals surface area contributed by atoms with E-state index in [-0.39, 0.29) is 5.78 Å². The summed E-state index contributed by atoms with van der Waals surface area (Å²) in [5.74, 6) is -0.0132. The minimum absolute atomic E-state index is 0.230. The Labute approximate surface area is 72.7 Å². The summed E-state index contributed by atoms with van der Waals surface area (Å²) in [5.41, 5.74) is 0. The highest BCUT2D eigenvalue weighted by molar-refractivity contribution is 7.99. The molecule has 0 aromatic carbocycles. The molecule has 0 saturated carbocycles. The summed E-state index contributed by atoms with van der Waals surface area (Å²) in [6.07, 6.45) is -4.84. The van der Waals surface area contributed by atoms with Gasteiger partial charge in [0.15, 0.2) is 0 Å². The Balaban J connectivity index is 2.45. The van der Waals surface area contributed by atoms with Gasteiger partial charge in [0.1, 0.15) is 5.78 Å². The molecule has 0 bridgehead atoms. The molecule has 0 N–H and O–H groups in total. The average Bonchev–Trinajstić information content (AvgIpc) is 1.91. The van der Waals surface area contributed by atoms with Crippen molar-refractivity contribution in [2.75, 3.05) is 11.5 Å². The summed E-state index contributed by atoms with van der Waals surface area (Å²) in [7, 11) is 0. The zero-order chi connectivity index (χ0) is 9.19. The molecule has 1 heterocycles. The van der Waals surface area contributed by atoms with Crippen molar-refractivity contribution in [2.24, 2.45) is 5.92 Å². The van der Waals surface area contributed by atoms with Crippen molar-refractivity contribution in [3.05, 3.63) is 0 Å². The minimum Gasteiger partial charge on any atom is -0.299 e. The first-order valence-corrected chi connectivity index (χ1v) is 4.82. The van der Waals surface area contributed by atoms with E-state index in [1.165, 1.54) is 11.8 Å². The third kappa shape index (κ3) is 3.05. The second kappa shape index (κ2) is 3.68. The molecule has 1 rings (SSSR count). The Hall–Kier alpha value is -0.190. The van der Waals surface area contributed by atoms with Gasteiger partial charge in [0, 0.05) is 23.8 Å². The van der Waals surface area contributed by atoms with E-state index in [2.05, 4.69) is 0 Å². The molecule has 0 aromatic heterocycles. The van der Waals surface area contributed by atoms with Crippen molar-refractivity contribution in [1.82, 2.24) is 0 Å². The Morgan fingerprint density at radius 2 is 2.17 bits per heavy atom. The van der Waals surface area contributed by atoms with Crippen LogP contribution in [0.2, 0.25) is 0 Å². The van der Waals surface area contributed by atoms with Crippen molar-refractivity contribution in [1.29, 1.82) is 0 Å². The van der Waals surface area contributed by atoms with Gasteiger partial charge in [0.05, 0.1) is 6.42 Å². The van der Waals surface area contributed by atoms with E-state index in [4.69, 9.17) is 0 Å². The summed E-state index contributed by atoms with van der Waals surface area (Å²) >= 11 is 1.43. The fourth-order valence-electron chi connectivity index (χ4n) is 1.15. The zero-order valence-electron chi connectivity index (χ0n) is 6.36. The van der Waals surface area contributed by atoms with Crippen LogP contribution in [-0.4, -0.2) is 23.5 Å². The Morgan fingerprint density at radius 3 is 2.67 bits per heavy atom. The maximum atomic E-state index is 11.9. The van der Waals surface area contributed by atoms with Gasteiger partial charge in [-0.25, -0.2) is 0 Å². The highest BCUT2D eigenvalue weighted by atomic mass is 32.2. The van der Waals surface area contributed by atoms with Crippen molar-refractivity contribution in [3.63, 3.8) is 0 Å². The van der Waals surface area contributed by atoms with Gasteiger partial charge in [-0.15, -0.1) is 0 Å². The largest absolute Gasteiger partial charge is 0.389 e. The quantitative estimate of drug-likeness (QED) is 0.642. The molecule has 1 saturated heterocycles. The molecular weight excluding hydrogens is 189 g/mol. The van der Waals surface area contributed by atoms with Crippen LogP contribution in [0.5, 0.6) is 0 Å². The number of rotatable bonds is 1. The molecule has 1 aliphatic heterocycles. The first-order valence-electron chi connectivity index (χ1n) is 3.66. The topological polar surface area (TPSA) is 17.1 Å². The normalized spacial score (nSPS) is 25.9. The highest BCUT2D eigenvalue weighted by Gasteiger charge is 2.36. The third-order valence-corrected chi connectivity index (χ3v) is 2.88. The molecule has 1 aliphatic rings. The van der Waals surface area contributed by atoms with Crippen LogP contribution in [0.3, 0.4) is 0 Å². The van der Waals surface area contributed by atoms with Crippen molar-refractivity contribution < 1.29 is 18.0 Å². The van der Waals surface area contributed by atoms with Crippen LogP contribution in [0, 0.1) is 5.92 Å².